The van der Waals surface area contributed by atoms with Crippen LogP contribution in [0.25, 0.3) is 0 Å². The lowest BCUT2D eigenvalue weighted by Crippen LogP contribution is -2.28. The first-order valence-corrected chi connectivity index (χ1v) is 6.31. The maximum absolute atomic E-state index is 6.31. The Kier molecular flexibility index (Phi) is 5.77. The first kappa shape index (κ1) is 13.5. The predicted octanol–water partition coefficient (Wildman–Crippen LogP) is 1.95. The summed E-state index contributed by atoms with van der Waals surface area (Å²) in [7, 11) is 1.87. The summed E-state index contributed by atoms with van der Waals surface area (Å²) in [5.74, 6) is 0.594. The Labute approximate surface area is 102 Å². The largest absolute Gasteiger partial charge is 0.310 e. The minimum atomic E-state index is 0.201. The van der Waals surface area contributed by atoms with Gasteiger partial charge in [0.1, 0.15) is 0 Å². The molecule has 0 aliphatic rings. The van der Waals surface area contributed by atoms with Crippen molar-refractivity contribution < 1.29 is 0 Å². The average molecular weight is 245 g/mol. The van der Waals surface area contributed by atoms with Crippen molar-refractivity contribution in [3.05, 3.63) is 11.9 Å². The van der Waals surface area contributed by atoms with E-state index in [2.05, 4.69) is 29.5 Å². The third kappa shape index (κ3) is 4.10. The van der Waals surface area contributed by atoms with E-state index in [9.17, 15) is 0 Å². The molecule has 92 valence electrons. The summed E-state index contributed by atoms with van der Waals surface area (Å²) < 4.78 is 1.70. The van der Waals surface area contributed by atoms with Gasteiger partial charge in [0.15, 0.2) is 0 Å². The molecule has 5 heteroatoms. The van der Waals surface area contributed by atoms with E-state index in [0.29, 0.717) is 5.92 Å². The van der Waals surface area contributed by atoms with Crippen LogP contribution in [0.3, 0.4) is 0 Å². The summed E-state index contributed by atoms with van der Waals surface area (Å²) in [5.41, 5.74) is 0.955. The topological polar surface area (TPSA) is 42.7 Å². The highest BCUT2D eigenvalue weighted by molar-refractivity contribution is 6.21. The minimum absolute atomic E-state index is 0.201. The molecule has 0 aromatic carbocycles. The average Bonchev–Trinajstić information content (AvgIpc) is 2.66. The molecule has 0 spiro atoms. The van der Waals surface area contributed by atoms with Gasteiger partial charge in [0.05, 0.1) is 5.69 Å². The second-order valence-corrected chi connectivity index (χ2v) is 4.67. The molecule has 1 aromatic heterocycles. The van der Waals surface area contributed by atoms with Crippen molar-refractivity contribution in [1.29, 1.82) is 0 Å². The first-order valence-electron chi connectivity index (χ1n) is 5.87. The summed E-state index contributed by atoms with van der Waals surface area (Å²) >= 11 is 6.31. The zero-order chi connectivity index (χ0) is 12.0. The van der Waals surface area contributed by atoms with E-state index in [4.69, 9.17) is 11.6 Å². The van der Waals surface area contributed by atoms with Gasteiger partial charge in [-0.15, -0.1) is 16.7 Å². The van der Waals surface area contributed by atoms with Crippen LogP contribution in [0.5, 0.6) is 0 Å². The standard InChI is InChI=1S/C11H21ClN4/c1-4-9(5-2)11(12)7-13-6-10-8-16(3)15-14-10/h8-9,11,13H,4-7H2,1-3H3. The van der Waals surface area contributed by atoms with Crippen molar-refractivity contribution in [1.82, 2.24) is 20.3 Å². The van der Waals surface area contributed by atoms with Gasteiger partial charge in [0.25, 0.3) is 0 Å². The van der Waals surface area contributed by atoms with Crippen LogP contribution in [0.1, 0.15) is 32.4 Å². The summed E-state index contributed by atoms with van der Waals surface area (Å²) in [6.45, 7) is 5.93. The third-order valence-electron chi connectivity index (χ3n) is 2.86. The molecule has 1 N–H and O–H groups in total. The number of rotatable bonds is 7. The van der Waals surface area contributed by atoms with Crippen LogP contribution in [0, 0.1) is 5.92 Å². The van der Waals surface area contributed by atoms with Crippen LogP contribution < -0.4 is 5.32 Å². The fourth-order valence-electron chi connectivity index (χ4n) is 1.78. The fourth-order valence-corrected chi connectivity index (χ4v) is 2.25. The molecule has 1 unspecified atom stereocenters. The van der Waals surface area contributed by atoms with Crippen LogP contribution in [-0.2, 0) is 13.6 Å². The zero-order valence-corrected chi connectivity index (χ0v) is 11.0. The van der Waals surface area contributed by atoms with E-state index in [1.807, 2.05) is 13.2 Å². The second-order valence-electron chi connectivity index (χ2n) is 4.11. The van der Waals surface area contributed by atoms with E-state index in [-0.39, 0.29) is 5.38 Å². The van der Waals surface area contributed by atoms with E-state index in [0.717, 1.165) is 31.6 Å². The molecule has 0 radical (unpaired) electrons. The quantitative estimate of drug-likeness (QED) is 0.746. The Morgan fingerprint density at radius 3 is 2.62 bits per heavy atom. The number of aromatic nitrogens is 3. The summed E-state index contributed by atoms with van der Waals surface area (Å²) in [6.07, 6.45) is 4.18. The van der Waals surface area contributed by atoms with Crippen molar-refractivity contribution in [3.63, 3.8) is 0 Å². The van der Waals surface area contributed by atoms with Crippen LogP contribution in [0.15, 0.2) is 6.20 Å². The van der Waals surface area contributed by atoms with Crippen molar-refractivity contribution in [2.24, 2.45) is 13.0 Å². The molecule has 0 amide bonds. The molecular weight excluding hydrogens is 224 g/mol. The highest BCUT2D eigenvalue weighted by Gasteiger charge is 2.14. The lowest BCUT2D eigenvalue weighted by molar-refractivity contribution is 0.445. The summed E-state index contributed by atoms with van der Waals surface area (Å²) in [4.78, 5) is 0. The van der Waals surface area contributed by atoms with Gasteiger partial charge < -0.3 is 5.32 Å². The number of hydrogen-bond donors (Lipinski definition) is 1. The smallest absolute Gasteiger partial charge is 0.0964 e. The fraction of sp³-hybridized carbons (Fsp3) is 0.818. The van der Waals surface area contributed by atoms with Gasteiger partial charge in [-0.3, -0.25) is 4.68 Å². The summed E-state index contributed by atoms with van der Waals surface area (Å²) in [6, 6.07) is 0. The maximum Gasteiger partial charge on any atom is 0.0964 e. The minimum Gasteiger partial charge on any atom is -0.310 e. The third-order valence-corrected chi connectivity index (χ3v) is 3.37. The van der Waals surface area contributed by atoms with Gasteiger partial charge in [-0.25, -0.2) is 0 Å². The van der Waals surface area contributed by atoms with Crippen molar-refractivity contribution in [3.8, 4) is 0 Å². The van der Waals surface area contributed by atoms with Crippen molar-refractivity contribution >= 4 is 11.6 Å². The van der Waals surface area contributed by atoms with Crippen molar-refractivity contribution in [2.75, 3.05) is 6.54 Å². The Morgan fingerprint density at radius 1 is 1.44 bits per heavy atom. The van der Waals surface area contributed by atoms with Gasteiger partial charge >= 0.3 is 0 Å². The van der Waals surface area contributed by atoms with Gasteiger partial charge in [0.2, 0.25) is 0 Å². The van der Waals surface area contributed by atoms with Gasteiger partial charge in [-0.1, -0.05) is 31.9 Å². The molecule has 0 saturated carbocycles. The van der Waals surface area contributed by atoms with Gasteiger partial charge in [-0.2, -0.15) is 0 Å². The van der Waals surface area contributed by atoms with Crippen LogP contribution in [0.2, 0.25) is 0 Å². The Morgan fingerprint density at radius 2 is 2.12 bits per heavy atom. The molecule has 16 heavy (non-hydrogen) atoms. The second kappa shape index (κ2) is 6.86. The monoisotopic (exact) mass is 244 g/mol. The molecule has 4 nitrogen and oxygen atoms in total. The molecule has 0 fully saturated rings. The Bertz CT molecular complexity index is 296. The highest BCUT2D eigenvalue weighted by Crippen LogP contribution is 2.17. The molecule has 0 aliphatic carbocycles. The van der Waals surface area contributed by atoms with E-state index in [1.54, 1.807) is 4.68 Å². The molecule has 0 aliphatic heterocycles. The molecular formula is C11H21ClN4. The molecule has 1 rings (SSSR count). The van der Waals surface area contributed by atoms with E-state index >= 15 is 0 Å². The zero-order valence-electron chi connectivity index (χ0n) is 10.3. The van der Waals surface area contributed by atoms with Gasteiger partial charge in [-0.05, 0) is 5.92 Å². The first-order chi connectivity index (χ1) is 7.67. The number of hydrogen-bond acceptors (Lipinski definition) is 3. The normalized spacial score (nSPS) is 13.3. The summed E-state index contributed by atoms with van der Waals surface area (Å²) in [5, 5.41) is 11.4. The number of alkyl halides is 1. The lowest BCUT2D eigenvalue weighted by atomic mass is 9.99. The number of nitrogens with zero attached hydrogens (tertiary/aromatic N) is 3. The van der Waals surface area contributed by atoms with Crippen molar-refractivity contribution in [2.45, 2.75) is 38.6 Å². The molecule has 1 heterocycles. The predicted molar refractivity (Wildman–Crippen MR) is 66.4 cm³/mol. The van der Waals surface area contributed by atoms with Crippen LogP contribution >= 0.6 is 11.6 Å². The van der Waals surface area contributed by atoms with E-state index < -0.39 is 0 Å². The molecule has 1 atom stereocenters. The Balaban J connectivity index is 2.24. The van der Waals surface area contributed by atoms with Crippen LogP contribution in [-0.4, -0.2) is 26.9 Å². The molecule has 1 aromatic rings. The van der Waals surface area contributed by atoms with E-state index in [1.165, 1.54) is 0 Å². The molecule has 0 bridgehead atoms. The molecule has 0 saturated heterocycles. The number of halogens is 1. The lowest BCUT2D eigenvalue weighted by Gasteiger charge is -2.19. The maximum atomic E-state index is 6.31. The number of aryl methyl sites for hydroxylation is 1. The van der Waals surface area contributed by atoms with Gasteiger partial charge in [0, 0.05) is 31.7 Å². The number of nitrogens with one attached hydrogen (secondary N) is 1. The SMILES string of the molecule is CCC(CC)C(Cl)CNCc1cn(C)nn1. The highest BCUT2D eigenvalue weighted by atomic mass is 35.5. The van der Waals surface area contributed by atoms with Crippen LogP contribution in [0.4, 0.5) is 0 Å². The Hall–Kier alpha value is -0.610.